The maximum absolute atomic E-state index is 11.6. The smallest absolute Gasteiger partial charge is 0.240 e. The fourth-order valence-corrected chi connectivity index (χ4v) is 1.89. The molecule has 0 aliphatic heterocycles. The van der Waals surface area contributed by atoms with Gasteiger partial charge in [0.05, 0.1) is 6.21 Å². The first-order valence-corrected chi connectivity index (χ1v) is 8.00. The molecule has 6 nitrogen and oxygen atoms in total. The number of hydrogen-bond acceptors (Lipinski definition) is 4. The van der Waals surface area contributed by atoms with Gasteiger partial charge in [-0.05, 0) is 31.4 Å². The molecule has 126 valence electrons. The summed E-state index contributed by atoms with van der Waals surface area (Å²) < 4.78 is 0. The summed E-state index contributed by atoms with van der Waals surface area (Å²) in [4.78, 5) is 23.1. The number of aromatic hydroxyl groups is 1. The Morgan fingerprint density at radius 2 is 1.83 bits per heavy atom. The van der Waals surface area contributed by atoms with Crippen molar-refractivity contribution in [3.63, 3.8) is 0 Å². The normalized spacial score (nSPS) is 10.7. The van der Waals surface area contributed by atoms with Gasteiger partial charge in [0.1, 0.15) is 5.75 Å². The largest absolute Gasteiger partial charge is 0.507 e. The minimum Gasteiger partial charge on any atom is -0.507 e. The number of phenols is 1. The molecule has 0 aliphatic rings. The second-order valence-electron chi connectivity index (χ2n) is 5.26. The second-order valence-corrected chi connectivity index (χ2v) is 5.26. The number of phenolic OH excluding ortho intramolecular Hbond substituents is 1. The van der Waals surface area contributed by atoms with Crippen LogP contribution in [0.3, 0.4) is 0 Å². The molecule has 0 unspecified atom stereocenters. The number of carbonyl (C=O) groups is 2. The van der Waals surface area contributed by atoms with Crippen molar-refractivity contribution in [2.45, 2.75) is 45.4 Å². The Morgan fingerprint density at radius 3 is 2.52 bits per heavy atom. The Bertz CT molecular complexity index is 530. The molecule has 0 aliphatic carbocycles. The topological polar surface area (TPSA) is 90.8 Å². The molecule has 0 saturated carbocycles. The van der Waals surface area contributed by atoms with Crippen LogP contribution in [0.25, 0.3) is 0 Å². The summed E-state index contributed by atoms with van der Waals surface area (Å²) in [6, 6.07) is 6.73. The average Bonchev–Trinajstić information content (AvgIpc) is 2.54. The predicted octanol–water partition coefficient (Wildman–Crippen LogP) is 2.32. The molecule has 3 N–H and O–H groups in total. The van der Waals surface area contributed by atoms with E-state index in [2.05, 4.69) is 22.8 Å². The highest BCUT2D eigenvalue weighted by Crippen LogP contribution is 2.12. The van der Waals surface area contributed by atoms with Gasteiger partial charge in [0.15, 0.2) is 0 Å². The molecule has 0 fully saturated rings. The van der Waals surface area contributed by atoms with Gasteiger partial charge in [0, 0.05) is 24.9 Å². The molecule has 1 rings (SSSR count). The van der Waals surface area contributed by atoms with Crippen LogP contribution in [0.2, 0.25) is 0 Å². The highest BCUT2D eigenvalue weighted by atomic mass is 16.3. The lowest BCUT2D eigenvalue weighted by Crippen LogP contribution is -2.24. The molecule has 2 amide bonds. The number of hydrogen-bond donors (Lipinski definition) is 3. The minimum absolute atomic E-state index is 0.0384. The van der Waals surface area contributed by atoms with Gasteiger partial charge in [-0.3, -0.25) is 9.59 Å². The van der Waals surface area contributed by atoms with Crippen LogP contribution in [0.5, 0.6) is 5.75 Å². The molecule has 0 atom stereocenters. The van der Waals surface area contributed by atoms with Gasteiger partial charge >= 0.3 is 0 Å². The van der Waals surface area contributed by atoms with Gasteiger partial charge in [-0.25, -0.2) is 5.43 Å². The number of nitrogens with zero attached hydrogens (tertiary/aromatic N) is 1. The predicted molar refractivity (Wildman–Crippen MR) is 90.2 cm³/mol. The van der Waals surface area contributed by atoms with Gasteiger partial charge in [-0.1, -0.05) is 25.5 Å². The number of amides is 2. The van der Waals surface area contributed by atoms with Crippen LogP contribution in [0.15, 0.2) is 29.4 Å². The molecule has 23 heavy (non-hydrogen) atoms. The van der Waals surface area contributed by atoms with E-state index < -0.39 is 0 Å². The highest BCUT2D eigenvalue weighted by Gasteiger charge is 2.03. The standard InChI is InChI=1S/C17H25N3O3/c1-2-3-12-18-16(22)10-6-7-11-17(23)20-19-13-14-8-4-5-9-15(14)21/h4-5,8-9,13,21H,2-3,6-7,10-12H2,1H3,(H,18,22)(H,20,23)/b19-13+. The van der Waals surface area contributed by atoms with Crippen molar-refractivity contribution in [1.82, 2.24) is 10.7 Å². The fourth-order valence-electron chi connectivity index (χ4n) is 1.89. The van der Waals surface area contributed by atoms with Crippen LogP contribution in [0.1, 0.15) is 51.0 Å². The lowest BCUT2D eigenvalue weighted by atomic mass is 10.2. The summed E-state index contributed by atoms with van der Waals surface area (Å²) in [5.41, 5.74) is 2.95. The van der Waals surface area contributed by atoms with Crippen molar-refractivity contribution in [2.24, 2.45) is 5.10 Å². The van der Waals surface area contributed by atoms with Crippen LogP contribution in [0, 0.1) is 0 Å². The van der Waals surface area contributed by atoms with E-state index in [1.54, 1.807) is 24.3 Å². The Hall–Kier alpha value is -2.37. The summed E-state index contributed by atoms with van der Waals surface area (Å²) in [7, 11) is 0. The van der Waals surface area contributed by atoms with Crippen molar-refractivity contribution in [2.75, 3.05) is 6.54 Å². The molecular formula is C17H25N3O3. The number of hydrazone groups is 1. The molecule has 1 aromatic carbocycles. The molecule has 0 saturated heterocycles. The van der Waals surface area contributed by atoms with E-state index in [1.165, 1.54) is 6.21 Å². The maximum atomic E-state index is 11.6. The number of nitrogens with one attached hydrogen (secondary N) is 2. The summed E-state index contributed by atoms with van der Waals surface area (Å²) >= 11 is 0. The van der Waals surface area contributed by atoms with Crippen LogP contribution >= 0.6 is 0 Å². The zero-order valence-electron chi connectivity index (χ0n) is 13.5. The molecule has 6 heteroatoms. The molecule has 0 heterocycles. The lowest BCUT2D eigenvalue weighted by Gasteiger charge is -2.04. The molecule has 0 radical (unpaired) electrons. The van der Waals surface area contributed by atoms with E-state index in [-0.39, 0.29) is 17.6 Å². The molecule has 0 aromatic heterocycles. The summed E-state index contributed by atoms with van der Waals surface area (Å²) in [5, 5.41) is 16.2. The molecule has 0 bridgehead atoms. The molecular weight excluding hydrogens is 294 g/mol. The van der Waals surface area contributed by atoms with E-state index >= 15 is 0 Å². The third-order valence-electron chi connectivity index (χ3n) is 3.24. The quantitative estimate of drug-likeness (QED) is 0.351. The first kappa shape index (κ1) is 18.7. The van der Waals surface area contributed by atoms with Gasteiger partial charge in [-0.2, -0.15) is 5.10 Å². The van der Waals surface area contributed by atoms with Crippen LogP contribution in [-0.2, 0) is 9.59 Å². The lowest BCUT2D eigenvalue weighted by molar-refractivity contribution is -0.123. The van der Waals surface area contributed by atoms with Crippen molar-refractivity contribution >= 4 is 18.0 Å². The number of para-hydroxylation sites is 1. The summed E-state index contributed by atoms with van der Waals surface area (Å²) in [5.74, 6) is -0.0564. The van der Waals surface area contributed by atoms with E-state index in [0.29, 0.717) is 31.2 Å². The van der Waals surface area contributed by atoms with Crippen LogP contribution in [-0.4, -0.2) is 29.7 Å². The fraction of sp³-hybridized carbons (Fsp3) is 0.471. The Labute approximate surface area is 137 Å². The second kappa shape index (κ2) is 11.2. The zero-order chi connectivity index (χ0) is 16.9. The Balaban J connectivity index is 2.13. The SMILES string of the molecule is CCCCNC(=O)CCCCC(=O)N/N=C/c1ccccc1O. The third-order valence-corrected chi connectivity index (χ3v) is 3.24. The summed E-state index contributed by atoms with van der Waals surface area (Å²) in [6.07, 6.45) is 5.52. The monoisotopic (exact) mass is 319 g/mol. The average molecular weight is 319 g/mol. The number of benzene rings is 1. The van der Waals surface area contributed by atoms with Crippen LogP contribution < -0.4 is 10.7 Å². The van der Waals surface area contributed by atoms with E-state index in [0.717, 1.165) is 19.4 Å². The van der Waals surface area contributed by atoms with E-state index in [4.69, 9.17) is 0 Å². The highest BCUT2D eigenvalue weighted by molar-refractivity contribution is 5.85. The number of unbranched alkanes of at least 4 members (excludes halogenated alkanes) is 2. The van der Waals surface area contributed by atoms with Crippen molar-refractivity contribution in [1.29, 1.82) is 0 Å². The van der Waals surface area contributed by atoms with Crippen molar-refractivity contribution in [3.05, 3.63) is 29.8 Å². The first-order chi connectivity index (χ1) is 11.1. The Kier molecular flexibility index (Phi) is 9.12. The maximum Gasteiger partial charge on any atom is 0.240 e. The van der Waals surface area contributed by atoms with Gasteiger partial charge < -0.3 is 10.4 Å². The zero-order valence-corrected chi connectivity index (χ0v) is 13.5. The van der Waals surface area contributed by atoms with Crippen molar-refractivity contribution in [3.8, 4) is 5.75 Å². The first-order valence-electron chi connectivity index (χ1n) is 8.00. The van der Waals surface area contributed by atoms with Gasteiger partial charge in [0.25, 0.3) is 0 Å². The molecule has 1 aromatic rings. The van der Waals surface area contributed by atoms with Crippen LogP contribution in [0.4, 0.5) is 0 Å². The Morgan fingerprint density at radius 1 is 1.13 bits per heavy atom. The van der Waals surface area contributed by atoms with Gasteiger partial charge in [-0.15, -0.1) is 0 Å². The van der Waals surface area contributed by atoms with E-state index in [9.17, 15) is 14.7 Å². The molecule has 0 spiro atoms. The third kappa shape index (κ3) is 8.60. The number of carbonyl (C=O) groups excluding carboxylic acids is 2. The number of rotatable bonds is 10. The van der Waals surface area contributed by atoms with E-state index in [1.807, 2.05) is 0 Å². The van der Waals surface area contributed by atoms with Gasteiger partial charge in [0.2, 0.25) is 11.8 Å². The van der Waals surface area contributed by atoms with Crippen molar-refractivity contribution < 1.29 is 14.7 Å². The summed E-state index contributed by atoms with van der Waals surface area (Å²) in [6.45, 7) is 2.79. The minimum atomic E-state index is -0.205.